The van der Waals surface area contributed by atoms with Crippen LogP contribution in [-0.2, 0) is 5.41 Å². The second-order valence-corrected chi connectivity index (χ2v) is 18.6. The van der Waals surface area contributed by atoms with E-state index in [0.717, 1.165) is 83.9 Å². The third kappa shape index (κ3) is 5.34. The Bertz CT molecular complexity index is 4130. The Hall–Kier alpha value is -9.18. The Morgan fingerprint density at radius 1 is 0.329 bits per heavy atom. The van der Waals surface area contributed by atoms with E-state index in [2.05, 4.69) is 254 Å². The summed E-state index contributed by atoms with van der Waals surface area (Å²) in [6, 6.07) is 90.6. The van der Waals surface area contributed by atoms with E-state index >= 15 is 0 Å². The number of rotatable bonds is 4. The second kappa shape index (κ2) is 14.9. The van der Waals surface area contributed by atoms with Crippen molar-refractivity contribution in [3.8, 4) is 78.3 Å². The molecule has 0 N–H and O–H groups in total. The van der Waals surface area contributed by atoms with Crippen molar-refractivity contribution in [3.05, 3.63) is 271 Å². The number of nitrogens with zero attached hydrogens (tertiary/aromatic N) is 1. The van der Waals surface area contributed by atoms with Gasteiger partial charge in [0.25, 0.3) is 0 Å². The van der Waals surface area contributed by atoms with Crippen LogP contribution in [0.3, 0.4) is 0 Å². The quantitative estimate of drug-likeness (QED) is 0.176. The summed E-state index contributed by atoms with van der Waals surface area (Å²) < 4.78 is 13.9. The molecule has 1 spiro atoms. The summed E-state index contributed by atoms with van der Waals surface area (Å²) in [5.74, 6) is 1.63. The van der Waals surface area contributed by atoms with Crippen molar-refractivity contribution in [3.63, 3.8) is 0 Å². The highest BCUT2D eigenvalue weighted by Crippen LogP contribution is 2.64. The average molecular weight is 892 g/mol. The summed E-state index contributed by atoms with van der Waals surface area (Å²) in [6.45, 7) is 0. The number of hydrogen-bond acceptors (Lipinski definition) is 3. The zero-order valence-corrected chi connectivity index (χ0v) is 37.9. The first kappa shape index (κ1) is 38.9. The van der Waals surface area contributed by atoms with Gasteiger partial charge in [-0.1, -0.05) is 206 Å². The fraction of sp³-hybridized carbons (Fsp3) is 0.0149. The third-order valence-corrected chi connectivity index (χ3v) is 15.1. The molecule has 1 aliphatic heterocycles. The summed E-state index contributed by atoms with van der Waals surface area (Å²) >= 11 is 0. The minimum absolute atomic E-state index is 0.685. The maximum absolute atomic E-state index is 7.28. The molecule has 11 aromatic carbocycles. The van der Waals surface area contributed by atoms with Gasteiger partial charge < -0.3 is 14.1 Å². The van der Waals surface area contributed by atoms with Crippen LogP contribution in [0.4, 0.5) is 17.1 Å². The first-order chi connectivity index (χ1) is 34.8. The standard InChI is InChI=1S/C67H41NO2/c1-2-19-42(20-3-1)44-21-10-15-33-59(44)68(60-34-18-30-51-47-24-6-5-23-46(47)50-27-11-16-35-61(50)70-66(51)60)43-37-38-57-54(41-43)48-25-7-4-22-45(48)49-26-8-13-31-55(49)67(57)56-32-14-9-28-52(56)64-58(67)39-40-63-65(64)53-29-12-17-36-62(53)69-63/h1-41H. The average Bonchev–Trinajstić information content (AvgIpc) is 3.87. The molecule has 3 aliphatic rings. The molecule has 1 unspecified atom stereocenters. The number of hydrogen-bond donors (Lipinski definition) is 0. The number of benzene rings is 11. The first-order valence-electron chi connectivity index (χ1n) is 24.1. The van der Waals surface area contributed by atoms with Gasteiger partial charge in [0.2, 0.25) is 0 Å². The van der Waals surface area contributed by atoms with Crippen LogP contribution in [0.15, 0.2) is 253 Å². The molecule has 12 aromatic rings. The molecule has 1 aromatic heterocycles. The molecule has 3 heteroatoms. The molecule has 0 amide bonds. The topological polar surface area (TPSA) is 25.6 Å². The SMILES string of the molecule is c1ccc(-c2ccccc2N(c2ccc3c(c2)-c2ccccc2-c2ccccc2C32c3ccccc3-c3c2ccc2oc4ccccc4c32)c2cccc3c2Oc2ccccc2-c2ccccc2-3)cc1. The highest BCUT2D eigenvalue weighted by molar-refractivity contribution is 6.16. The Balaban J connectivity index is 1.06. The predicted molar refractivity (Wildman–Crippen MR) is 287 cm³/mol. The highest BCUT2D eigenvalue weighted by Gasteiger charge is 2.50. The van der Waals surface area contributed by atoms with E-state index in [9.17, 15) is 0 Å². The maximum atomic E-state index is 7.28. The highest BCUT2D eigenvalue weighted by atomic mass is 16.5. The summed E-state index contributed by atoms with van der Waals surface area (Å²) in [5.41, 5.74) is 23.0. The molecule has 2 heterocycles. The third-order valence-electron chi connectivity index (χ3n) is 15.1. The first-order valence-corrected chi connectivity index (χ1v) is 24.1. The van der Waals surface area contributed by atoms with Gasteiger partial charge in [-0.3, -0.25) is 0 Å². The van der Waals surface area contributed by atoms with Crippen molar-refractivity contribution >= 4 is 39.0 Å². The van der Waals surface area contributed by atoms with Gasteiger partial charge in [-0.05, 0) is 115 Å². The van der Waals surface area contributed by atoms with E-state index in [0.29, 0.717) is 0 Å². The van der Waals surface area contributed by atoms with Crippen LogP contribution in [0.25, 0.3) is 88.7 Å². The summed E-state index contributed by atoms with van der Waals surface area (Å²) in [5, 5.41) is 2.29. The van der Waals surface area contributed by atoms with Crippen molar-refractivity contribution in [1.82, 2.24) is 0 Å². The Morgan fingerprint density at radius 3 is 1.67 bits per heavy atom. The van der Waals surface area contributed by atoms with Crippen LogP contribution in [0.2, 0.25) is 0 Å². The molecule has 3 nitrogen and oxygen atoms in total. The van der Waals surface area contributed by atoms with Crippen LogP contribution in [0, 0.1) is 0 Å². The zero-order valence-electron chi connectivity index (χ0n) is 37.9. The van der Waals surface area contributed by atoms with E-state index in [1.807, 2.05) is 0 Å². The predicted octanol–water partition coefficient (Wildman–Crippen LogP) is 18.2. The maximum Gasteiger partial charge on any atom is 0.159 e. The molecule has 1 atom stereocenters. The van der Waals surface area contributed by atoms with Crippen molar-refractivity contribution < 1.29 is 9.15 Å². The van der Waals surface area contributed by atoms with Crippen LogP contribution in [0.1, 0.15) is 22.3 Å². The van der Waals surface area contributed by atoms with Crippen molar-refractivity contribution in [1.29, 1.82) is 0 Å². The van der Waals surface area contributed by atoms with Crippen LogP contribution < -0.4 is 9.64 Å². The zero-order chi connectivity index (χ0) is 45.9. The van der Waals surface area contributed by atoms with Crippen molar-refractivity contribution in [2.45, 2.75) is 5.41 Å². The lowest BCUT2D eigenvalue weighted by Crippen LogP contribution is -2.29. The van der Waals surface area contributed by atoms with Crippen molar-refractivity contribution in [2.24, 2.45) is 0 Å². The Morgan fingerprint density at radius 2 is 0.871 bits per heavy atom. The monoisotopic (exact) mass is 891 g/mol. The van der Waals surface area contributed by atoms with Gasteiger partial charge in [0.15, 0.2) is 5.75 Å². The van der Waals surface area contributed by atoms with Gasteiger partial charge in [0, 0.05) is 33.2 Å². The number of fused-ring (bicyclic) bond motifs is 21. The number of anilines is 3. The summed E-state index contributed by atoms with van der Waals surface area (Å²) in [6.07, 6.45) is 0. The molecule has 70 heavy (non-hydrogen) atoms. The summed E-state index contributed by atoms with van der Waals surface area (Å²) in [4.78, 5) is 2.43. The molecule has 0 fully saturated rings. The van der Waals surface area contributed by atoms with Crippen LogP contribution in [-0.4, -0.2) is 0 Å². The fourth-order valence-corrected chi connectivity index (χ4v) is 12.3. The molecular weight excluding hydrogens is 851 g/mol. The van der Waals surface area contributed by atoms with E-state index in [1.54, 1.807) is 0 Å². The molecule has 2 aliphatic carbocycles. The second-order valence-electron chi connectivity index (χ2n) is 18.6. The number of ether oxygens (including phenoxy) is 1. The molecule has 0 saturated carbocycles. The molecule has 15 rings (SSSR count). The smallest absolute Gasteiger partial charge is 0.159 e. The lowest BCUT2D eigenvalue weighted by molar-refractivity contribution is 0.489. The fourth-order valence-electron chi connectivity index (χ4n) is 12.3. The molecule has 326 valence electrons. The van der Waals surface area contributed by atoms with E-state index < -0.39 is 5.41 Å². The van der Waals surface area contributed by atoms with Crippen LogP contribution >= 0.6 is 0 Å². The minimum atomic E-state index is -0.685. The Kier molecular flexibility index (Phi) is 8.28. The van der Waals surface area contributed by atoms with Gasteiger partial charge in [0.05, 0.1) is 16.8 Å². The Labute approximate surface area is 405 Å². The lowest BCUT2D eigenvalue weighted by atomic mass is 9.66. The largest absolute Gasteiger partial charge is 0.456 e. The lowest BCUT2D eigenvalue weighted by Gasteiger charge is -2.36. The molecule has 0 bridgehead atoms. The van der Waals surface area contributed by atoms with Gasteiger partial charge in [0.1, 0.15) is 16.9 Å². The van der Waals surface area contributed by atoms with E-state index in [4.69, 9.17) is 9.15 Å². The van der Waals surface area contributed by atoms with Gasteiger partial charge in [-0.15, -0.1) is 0 Å². The number of furan rings is 1. The minimum Gasteiger partial charge on any atom is -0.456 e. The van der Waals surface area contributed by atoms with E-state index in [-0.39, 0.29) is 0 Å². The molecule has 0 saturated heterocycles. The van der Waals surface area contributed by atoms with Crippen LogP contribution in [0.5, 0.6) is 11.5 Å². The van der Waals surface area contributed by atoms with Crippen molar-refractivity contribution in [2.75, 3.05) is 4.90 Å². The molecule has 0 radical (unpaired) electrons. The van der Waals surface area contributed by atoms with Gasteiger partial charge in [-0.2, -0.15) is 0 Å². The summed E-state index contributed by atoms with van der Waals surface area (Å²) in [7, 11) is 0. The van der Waals surface area contributed by atoms with E-state index in [1.165, 1.54) is 55.6 Å². The van der Waals surface area contributed by atoms with Gasteiger partial charge >= 0.3 is 0 Å². The number of para-hydroxylation sites is 4. The van der Waals surface area contributed by atoms with Gasteiger partial charge in [-0.25, -0.2) is 0 Å². The molecular formula is C67H41NO2. The normalized spacial score (nSPS) is 14.5.